The molecule has 0 aliphatic carbocycles. The lowest BCUT2D eigenvalue weighted by Crippen LogP contribution is -2.19. The minimum atomic E-state index is -0.000628. The molecule has 1 atom stereocenters. The standard InChI is InChI=1S/C14H17N3OS2/c1-3-10(2)12(18)15-13-16-17-14(20-13)19-9-11-7-5-4-6-8-11/h4-8,10H,3,9H2,1-2H3,(H,15,16,18). The third-order valence-electron chi connectivity index (χ3n) is 2.90. The first kappa shape index (κ1) is 15.0. The number of hydrogen-bond acceptors (Lipinski definition) is 5. The molecule has 1 aromatic carbocycles. The van der Waals surface area contributed by atoms with Crippen molar-refractivity contribution in [2.45, 2.75) is 30.4 Å². The number of carbonyl (C=O) groups excluding carboxylic acids is 1. The summed E-state index contributed by atoms with van der Waals surface area (Å²) in [4.78, 5) is 11.8. The summed E-state index contributed by atoms with van der Waals surface area (Å²) in [7, 11) is 0. The van der Waals surface area contributed by atoms with Crippen LogP contribution in [0.15, 0.2) is 34.7 Å². The number of nitrogens with zero attached hydrogens (tertiary/aromatic N) is 2. The third kappa shape index (κ3) is 4.31. The molecule has 0 saturated heterocycles. The van der Waals surface area contributed by atoms with Crippen LogP contribution in [0.2, 0.25) is 0 Å². The Balaban J connectivity index is 1.88. The average molecular weight is 307 g/mol. The van der Waals surface area contributed by atoms with Crippen LogP contribution in [0.4, 0.5) is 5.13 Å². The molecule has 20 heavy (non-hydrogen) atoms. The van der Waals surface area contributed by atoms with Gasteiger partial charge in [0.1, 0.15) is 0 Å². The van der Waals surface area contributed by atoms with Gasteiger partial charge in [0.2, 0.25) is 11.0 Å². The van der Waals surface area contributed by atoms with Crippen molar-refractivity contribution in [3.8, 4) is 0 Å². The molecule has 1 N–H and O–H groups in total. The number of hydrogen-bond donors (Lipinski definition) is 1. The van der Waals surface area contributed by atoms with Gasteiger partial charge in [-0.2, -0.15) is 0 Å². The highest BCUT2D eigenvalue weighted by Crippen LogP contribution is 2.28. The fourth-order valence-electron chi connectivity index (χ4n) is 1.45. The highest BCUT2D eigenvalue weighted by molar-refractivity contribution is 8.00. The highest BCUT2D eigenvalue weighted by Gasteiger charge is 2.13. The van der Waals surface area contributed by atoms with Crippen LogP contribution in [-0.2, 0) is 10.5 Å². The Kier molecular flexibility index (Phi) is 5.55. The summed E-state index contributed by atoms with van der Waals surface area (Å²) in [6.45, 7) is 3.90. The normalized spacial score (nSPS) is 12.1. The van der Waals surface area contributed by atoms with Gasteiger partial charge in [0.15, 0.2) is 4.34 Å². The van der Waals surface area contributed by atoms with E-state index in [9.17, 15) is 4.79 Å². The summed E-state index contributed by atoms with van der Waals surface area (Å²) in [5, 5.41) is 11.5. The van der Waals surface area contributed by atoms with E-state index in [0.29, 0.717) is 5.13 Å². The van der Waals surface area contributed by atoms with E-state index in [1.54, 1.807) is 11.8 Å². The molecule has 2 rings (SSSR count). The Hall–Kier alpha value is -1.40. The predicted molar refractivity (Wildman–Crippen MR) is 84.0 cm³/mol. The quantitative estimate of drug-likeness (QED) is 0.651. The van der Waals surface area contributed by atoms with Crippen LogP contribution in [0.5, 0.6) is 0 Å². The van der Waals surface area contributed by atoms with Gasteiger partial charge in [-0.1, -0.05) is 67.3 Å². The van der Waals surface area contributed by atoms with Crippen LogP contribution in [0, 0.1) is 5.92 Å². The van der Waals surface area contributed by atoms with Crippen LogP contribution in [0.1, 0.15) is 25.8 Å². The molecule has 1 unspecified atom stereocenters. The molecule has 0 fully saturated rings. The van der Waals surface area contributed by atoms with E-state index >= 15 is 0 Å². The molecule has 1 amide bonds. The van der Waals surface area contributed by atoms with Gasteiger partial charge >= 0.3 is 0 Å². The largest absolute Gasteiger partial charge is 0.300 e. The first-order valence-electron chi connectivity index (χ1n) is 6.50. The van der Waals surface area contributed by atoms with Crippen molar-refractivity contribution in [1.29, 1.82) is 0 Å². The van der Waals surface area contributed by atoms with E-state index in [-0.39, 0.29) is 11.8 Å². The lowest BCUT2D eigenvalue weighted by atomic mass is 10.1. The summed E-state index contributed by atoms with van der Waals surface area (Å²) in [6.07, 6.45) is 0.820. The molecular weight excluding hydrogens is 290 g/mol. The van der Waals surface area contributed by atoms with E-state index < -0.39 is 0 Å². The lowest BCUT2D eigenvalue weighted by molar-refractivity contribution is -0.119. The minimum Gasteiger partial charge on any atom is -0.300 e. The maximum absolute atomic E-state index is 11.8. The molecule has 0 aliphatic heterocycles. The smallest absolute Gasteiger partial charge is 0.229 e. The first-order chi connectivity index (χ1) is 9.69. The van der Waals surface area contributed by atoms with Crippen LogP contribution in [-0.4, -0.2) is 16.1 Å². The number of nitrogens with one attached hydrogen (secondary N) is 1. The zero-order chi connectivity index (χ0) is 14.4. The molecule has 0 aliphatic rings. The lowest BCUT2D eigenvalue weighted by Gasteiger charge is -2.06. The molecule has 1 aromatic heterocycles. The maximum atomic E-state index is 11.8. The van der Waals surface area contributed by atoms with Crippen molar-refractivity contribution in [1.82, 2.24) is 10.2 Å². The fraction of sp³-hybridized carbons (Fsp3) is 0.357. The van der Waals surface area contributed by atoms with Crippen LogP contribution >= 0.6 is 23.1 Å². The topological polar surface area (TPSA) is 54.9 Å². The molecule has 1 heterocycles. The number of thioether (sulfide) groups is 1. The van der Waals surface area contributed by atoms with E-state index in [2.05, 4.69) is 27.6 Å². The molecule has 4 nitrogen and oxygen atoms in total. The van der Waals surface area contributed by atoms with E-state index in [1.807, 2.05) is 32.0 Å². The minimum absolute atomic E-state index is 0.000628. The molecule has 0 spiro atoms. The molecule has 0 radical (unpaired) electrons. The molecule has 0 saturated carbocycles. The number of rotatable bonds is 6. The van der Waals surface area contributed by atoms with E-state index in [0.717, 1.165) is 16.5 Å². The predicted octanol–water partition coefficient (Wildman–Crippen LogP) is 3.82. The van der Waals surface area contributed by atoms with Crippen molar-refractivity contribution in [2.24, 2.45) is 5.92 Å². The molecule has 6 heteroatoms. The van der Waals surface area contributed by atoms with Crippen LogP contribution < -0.4 is 5.32 Å². The zero-order valence-electron chi connectivity index (χ0n) is 11.5. The SMILES string of the molecule is CCC(C)C(=O)Nc1nnc(SCc2ccccc2)s1. The summed E-state index contributed by atoms with van der Waals surface area (Å²) < 4.78 is 0.869. The number of carbonyl (C=O) groups is 1. The molecule has 0 bridgehead atoms. The van der Waals surface area contributed by atoms with Crippen molar-refractivity contribution in [3.63, 3.8) is 0 Å². The Morgan fingerprint density at radius 3 is 2.80 bits per heavy atom. The molecule has 106 valence electrons. The van der Waals surface area contributed by atoms with E-state index in [1.165, 1.54) is 16.9 Å². The zero-order valence-corrected chi connectivity index (χ0v) is 13.1. The van der Waals surface area contributed by atoms with E-state index in [4.69, 9.17) is 0 Å². The van der Waals surface area contributed by atoms with Crippen molar-refractivity contribution in [2.75, 3.05) is 5.32 Å². The first-order valence-corrected chi connectivity index (χ1v) is 8.30. The van der Waals surface area contributed by atoms with Gasteiger partial charge < -0.3 is 5.32 Å². The summed E-state index contributed by atoms with van der Waals surface area (Å²) in [5.74, 6) is 0.858. The number of anilines is 1. The second kappa shape index (κ2) is 7.40. The monoisotopic (exact) mass is 307 g/mol. The second-order valence-corrected chi connectivity index (χ2v) is 6.65. The van der Waals surface area contributed by atoms with Gasteiger partial charge in [-0.25, -0.2) is 0 Å². The Labute approximate surface area is 127 Å². The van der Waals surface area contributed by atoms with Crippen molar-refractivity contribution in [3.05, 3.63) is 35.9 Å². The summed E-state index contributed by atoms with van der Waals surface area (Å²) in [6, 6.07) is 10.2. The van der Waals surface area contributed by atoms with Crippen molar-refractivity contribution >= 4 is 34.1 Å². The Bertz CT molecular complexity index is 557. The van der Waals surface area contributed by atoms with Gasteiger partial charge in [0.05, 0.1) is 0 Å². The summed E-state index contributed by atoms with van der Waals surface area (Å²) >= 11 is 3.05. The van der Waals surface area contributed by atoms with Crippen LogP contribution in [0.25, 0.3) is 0 Å². The number of aromatic nitrogens is 2. The molecule has 2 aromatic rings. The molecular formula is C14H17N3OS2. The maximum Gasteiger partial charge on any atom is 0.229 e. The van der Waals surface area contributed by atoms with Gasteiger partial charge in [-0.15, -0.1) is 10.2 Å². The van der Waals surface area contributed by atoms with Crippen molar-refractivity contribution < 1.29 is 4.79 Å². The average Bonchev–Trinajstić information content (AvgIpc) is 2.92. The highest BCUT2D eigenvalue weighted by atomic mass is 32.2. The fourth-order valence-corrected chi connectivity index (χ4v) is 3.16. The summed E-state index contributed by atoms with van der Waals surface area (Å²) in [5.41, 5.74) is 1.25. The number of amides is 1. The van der Waals surface area contributed by atoms with Gasteiger partial charge in [0.25, 0.3) is 0 Å². The van der Waals surface area contributed by atoms with Crippen LogP contribution in [0.3, 0.4) is 0 Å². The van der Waals surface area contributed by atoms with Gasteiger partial charge in [-0.3, -0.25) is 4.79 Å². The van der Waals surface area contributed by atoms with Gasteiger partial charge in [0, 0.05) is 11.7 Å². The third-order valence-corrected chi connectivity index (χ3v) is 4.94. The Morgan fingerprint density at radius 2 is 2.10 bits per heavy atom. The Morgan fingerprint density at radius 1 is 1.35 bits per heavy atom. The van der Waals surface area contributed by atoms with Gasteiger partial charge in [-0.05, 0) is 12.0 Å². The second-order valence-electron chi connectivity index (χ2n) is 4.45. The number of benzene rings is 1.